The number of rotatable bonds is 4. The lowest BCUT2D eigenvalue weighted by atomic mass is 9.94. The van der Waals surface area contributed by atoms with Crippen LogP contribution in [0.1, 0.15) is 36.7 Å². The van der Waals surface area contributed by atoms with Crippen LogP contribution >= 0.6 is 0 Å². The zero-order valence-corrected chi connectivity index (χ0v) is 15.3. The van der Waals surface area contributed by atoms with Crippen LogP contribution in [-0.4, -0.2) is 57.5 Å². The van der Waals surface area contributed by atoms with E-state index >= 15 is 0 Å². The second-order valence-electron chi connectivity index (χ2n) is 7.32. The molecule has 6 nitrogen and oxygen atoms in total. The maximum absolute atomic E-state index is 14.0. The third-order valence-corrected chi connectivity index (χ3v) is 5.50. The zero-order chi connectivity index (χ0) is 19.0. The number of H-pyrrole nitrogens is 1. The summed E-state index contributed by atoms with van der Waals surface area (Å²) in [6.07, 6.45) is 2.68. The number of piperidine rings is 1. The molecule has 3 fully saturated rings. The van der Waals surface area contributed by atoms with Gasteiger partial charge < -0.3 is 9.80 Å². The van der Waals surface area contributed by atoms with E-state index in [1.165, 1.54) is 6.07 Å². The molecule has 4 heterocycles. The van der Waals surface area contributed by atoms with Gasteiger partial charge in [0.25, 0.3) is 5.91 Å². The molecule has 2 aromatic rings. The van der Waals surface area contributed by atoms with E-state index in [1.54, 1.807) is 29.2 Å². The first-order valence-corrected chi connectivity index (χ1v) is 9.48. The molecule has 0 radical (unpaired) electrons. The van der Waals surface area contributed by atoms with Crippen molar-refractivity contribution >= 4 is 11.8 Å². The molecule has 27 heavy (non-hydrogen) atoms. The Morgan fingerprint density at radius 2 is 2.11 bits per heavy atom. The van der Waals surface area contributed by atoms with E-state index in [9.17, 15) is 14.0 Å². The van der Waals surface area contributed by atoms with Gasteiger partial charge in [0, 0.05) is 31.2 Å². The fourth-order valence-electron chi connectivity index (χ4n) is 4.15. The van der Waals surface area contributed by atoms with E-state index in [1.807, 2.05) is 4.90 Å². The van der Waals surface area contributed by atoms with E-state index in [4.69, 9.17) is 0 Å². The maximum atomic E-state index is 14.0. The first kappa shape index (κ1) is 17.7. The Morgan fingerprint density at radius 3 is 2.89 bits per heavy atom. The van der Waals surface area contributed by atoms with E-state index in [0.29, 0.717) is 30.0 Å². The third-order valence-electron chi connectivity index (χ3n) is 5.50. The monoisotopic (exact) mass is 370 g/mol. The molecule has 1 aromatic heterocycles. The van der Waals surface area contributed by atoms with Crippen LogP contribution in [0.2, 0.25) is 0 Å². The Hall–Kier alpha value is -2.70. The average molecular weight is 370 g/mol. The quantitative estimate of drug-likeness (QED) is 0.900. The molecular weight excluding hydrogens is 347 g/mol. The second kappa shape index (κ2) is 7.13. The van der Waals surface area contributed by atoms with Gasteiger partial charge in [-0.3, -0.25) is 14.7 Å². The average Bonchev–Trinajstić information content (AvgIpc) is 3.00. The number of benzene rings is 1. The number of carbonyl (C=O) groups excluding carboxylic acids is 2. The van der Waals surface area contributed by atoms with Gasteiger partial charge in [-0.25, -0.2) is 4.39 Å². The molecule has 1 N–H and O–H groups in total. The lowest BCUT2D eigenvalue weighted by Crippen LogP contribution is -2.48. The van der Waals surface area contributed by atoms with Gasteiger partial charge in [0.2, 0.25) is 5.91 Å². The molecule has 3 aliphatic rings. The van der Waals surface area contributed by atoms with Crippen molar-refractivity contribution < 1.29 is 14.0 Å². The number of nitrogens with one attached hydrogen (secondary N) is 1. The van der Waals surface area contributed by atoms with E-state index in [-0.39, 0.29) is 29.6 Å². The molecule has 2 atom stereocenters. The molecule has 0 saturated carbocycles. The summed E-state index contributed by atoms with van der Waals surface area (Å²) in [5.74, 6) is -0.530. The van der Waals surface area contributed by atoms with Crippen molar-refractivity contribution in [2.45, 2.75) is 32.2 Å². The van der Waals surface area contributed by atoms with Gasteiger partial charge in [0.05, 0.1) is 11.6 Å². The number of halogens is 1. The van der Waals surface area contributed by atoms with Crippen LogP contribution in [-0.2, 0) is 4.79 Å². The van der Waals surface area contributed by atoms with Crippen LogP contribution in [0, 0.1) is 11.7 Å². The molecular formula is C20H23FN4O2. The minimum absolute atomic E-state index is 0.0779. The Kier molecular flexibility index (Phi) is 4.68. The number of fused-ring (bicyclic) bond motifs is 4. The fourth-order valence-corrected chi connectivity index (χ4v) is 4.15. The minimum Gasteiger partial charge on any atom is -0.338 e. The molecule has 2 bridgehead atoms. The molecule has 0 aliphatic carbocycles. The van der Waals surface area contributed by atoms with Gasteiger partial charge >= 0.3 is 0 Å². The Labute approximate surface area is 157 Å². The molecule has 3 aliphatic heterocycles. The molecule has 0 unspecified atom stereocenters. The number of hydrogen-bond acceptors (Lipinski definition) is 3. The van der Waals surface area contributed by atoms with Crippen molar-refractivity contribution in [3.63, 3.8) is 0 Å². The molecule has 142 valence electrons. The zero-order valence-electron chi connectivity index (χ0n) is 15.3. The van der Waals surface area contributed by atoms with Gasteiger partial charge in [0.15, 0.2) is 0 Å². The van der Waals surface area contributed by atoms with Crippen molar-refractivity contribution in [2.24, 2.45) is 5.92 Å². The summed E-state index contributed by atoms with van der Waals surface area (Å²) >= 11 is 0. The summed E-state index contributed by atoms with van der Waals surface area (Å²) in [7, 11) is 0. The van der Waals surface area contributed by atoms with Crippen molar-refractivity contribution in [2.75, 3.05) is 19.6 Å². The summed E-state index contributed by atoms with van der Waals surface area (Å²) in [5, 5.41) is 6.85. The maximum Gasteiger partial charge on any atom is 0.271 e. The van der Waals surface area contributed by atoms with Crippen LogP contribution in [0.15, 0.2) is 30.3 Å². The summed E-state index contributed by atoms with van der Waals surface area (Å²) in [4.78, 5) is 29.3. The predicted molar refractivity (Wildman–Crippen MR) is 98.4 cm³/mol. The SMILES string of the molecule is CCCN1C(=O)[C@H]2CC[C@@H]1CN(C(=O)c1cc(-c3ccccc3F)n[nH]1)C2. The van der Waals surface area contributed by atoms with Gasteiger partial charge in [-0.15, -0.1) is 0 Å². The number of nitrogens with zero attached hydrogens (tertiary/aromatic N) is 3. The molecule has 1 aromatic carbocycles. The van der Waals surface area contributed by atoms with Crippen LogP contribution < -0.4 is 0 Å². The molecule has 0 spiro atoms. The highest BCUT2D eigenvalue weighted by Crippen LogP contribution is 2.30. The van der Waals surface area contributed by atoms with Crippen LogP contribution in [0.4, 0.5) is 4.39 Å². The standard InChI is InChI=1S/C20H23FN4O2/c1-2-9-25-14-8-7-13(19(25)26)11-24(12-14)20(27)18-10-17(22-23-18)15-5-3-4-6-16(15)21/h3-6,10,13-14H,2,7-9,11-12H2,1H3,(H,22,23)/t13-,14+/m0/s1. The summed E-state index contributed by atoms with van der Waals surface area (Å²) in [6, 6.07) is 8.01. The van der Waals surface area contributed by atoms with Gasteiger partial charge in [-0.05, 0) is 37.5 Å². The highest BCUT2D eigenvalue weighted by molar-refractivity contribution is 5.94. The lowest BCUT2D eigenvalue weighted by molar-refractivity contribution is -0.139. The van der Waals surface area contributed by atoms with Crippen molar-refractivity contribution in [3.8, 4) is 11.3 Å². The highest BCUT2D eigenvalue weighted by Gasteiger charge is 2.41. The number of amides is 2. The smallest absolute Gasteiger partial charge is 0.271 e. The second-order valence-corrected chi connectivity index (χ2v) is 7.32. The highest BCUT2D eigenvalue weighted by atomic mass is 19.1. The first-order valence-electron chi connectivity index (χ1n) is 9.48. The Morgan fingerprint density at radius 1 is 1.30 bits per heavy atom. The Balaban J connectivity index is 1.56. The van der Waals surface area contributed by atoms with Gasteiger partial charge in [-0.1, -0.05) is 19.1 Å². The molecule has 2 amide bonds. The first-order chi connectivity index (χ1) is 13.1. The lowest BCUT2D eigenvalue weighted by Gasteiger charge is -2.35. The van der Waals surface area contributed by atoms with E-state index in [0.717, 1.165) is 25.8 Å². The molecule has 7 heteroatoms. The van der Waals surface area contributed by atoms with Crippen LogP contribution in [0.3, 0.4) is 0 Å². The van der Waals surface area contributed by atoms with Crippen LogP contribution in [0.25, 0.3) is 11.3 Å². The minimum atomic E-state index is -0.378. The van der Waals surface area contributed by atoms with Gasteiger partial charge in [-0.2, -0.15) is 5.10 Å². The number of aromatic amines is 1. The molecule has 5 rings (SSSR count). The topological polar surface area (TPSA) is 69.3 Å². The third kappa shape index (κ3) is 3.22. The number of hydrogen-bond donors (Lipinski definition) is 1. The largest absolute Gasteiger partial charge is 0.338 e. The number of carbonyl (C=O) groups is 2. The summed E-state index contributed by atoms with van der Waals surface area (Å²) in [6.45, 7) is 3.77. The number of aromatic nitrogens is 2. The Bertz CT molecular complexity index is 865. The summed E-state index contributed by atoms with van der Waals surface area (Å²) < 4.78 is 14.0. The molecule has 3 saturated heterocycles. The van der Waals surface area contributed by atoms with Crippen LogP contribution in [0.5, 0.6) is 0 Å². The van der Waals surface area contributed by atoms with Crippen molar-refractivity contribution in [1.82, 2.24) is 20.0 Å². The summed E-state index contributed by atoms with van der Waals surface area (Å²) in [5.41, 5.74) is 1.08. The fraction of sp³-hybridized carbons (Fsp3) is 0.450. The van der Waals surface area contributed by atoms with Crippen molar-refractivity contribution in [1.29, 1.82) is 0 Å². The van der Waals surface area contributed by atoms with E-state index < -0.39 is 0 Å². The predicted octanol–water partition coefficient (Wildman–Crippen LogP) is 2.69. The van der Waals surface area contributed by atoms with E-state index in [2.05, 4.69) is 17.1 Å². The van der Waals surface area contributed by atoms with Gasteiger partial charge in [0.1, 0.15) is 11.5 Å². The normalized spacial score (nSPS) is 22.2. The van der Waals surface area contributed by atoms with Crippen molar-refractivity contribution in [3.05, 3.63) is 41.8 Å².